The predicted molar refractivity (Wildman–Crippen MR) is 71.7 cm³/mol. The molecule has 0 radical (unpaired) electrons. The highest BCUT2D eigenvalue weighted by molar-refractivity contribution is 5.98. The van der Waals surface area contributed by atoms with E-state index in [1.54, 1.807) is 30.0 Å². The van der Waals surface area contributed by atoms with Gasteiger partial charge in [0.15, 0.2) is 6.61 Å². The lowest BCUT2D eigenvalue weighted by molar-refractivity contribution is -0.132. The molecule has 102 valence electrons. The standard InChI is InChI=1S/C14H18N2O3/c1-10(15-18)11-4-3-5-13(8-11)19-9-14(17)16(2)12-6-7-12/h3-5,8,12,18H,6-7,9H2,1-2H3. The molecule has 1 aromatic carbocycles. The zero-order chi connectivity index (χ0) is 13.8. The Morgan fingerprint density at radius 1 is 1.53 bits per heavy atom. The summed E-state index contributed by atoms with van der Waals surface area (Å²) in [7, 11) is 1.81. The van der Waals surface area contributed by atoms with Crippen LogP contribution in [-0.4, -0.2) is 41.4 Å². The molecule has 1 N–H and O–H groups in total. The van der Waals surface area contributed by atoms with E-state index in [1.807, 2.05) is 13.1 Å². The molecule has 0 aromatic heterocycles. The fourth-order valence-electron chi connectivity index (χ4n) is 1.78. The molecule has 5 nitrogen and oxygen atoms in total. The first-order chi connectivity index (χ1) is 9.11. The maximum absolute atomic E-state index is 11.8. The molecule has 19 heavy (non-hydrogen) atoms. The van der Waals surface area contributed by atoms with E-state index in [4.69, 9.17) is 9.94 Å². The average molecular weight is 262 g/mol. The number of oxime groups is 1. The number of carbonyl (C=O) groups excluding carboxylic acids is 1. The number of nitrogens with zero attached hydrogens (tertiary/aromatic N) is 2. The number of amides is 1. The lowest BCUT2D eigenvalue weighted by atomic mass is 10.1. The van der Waals surface area contributed by atoms with Gasteiger partial charge in [-0.15, -0.1) is 0 Å². The molecule has 0 aliphatic heterocycles. The van der Waals surface area contributed by atoms with Crippen LogP contribution >= 0.6 is 0 Å². The van der Waals surface area contributed by atoms with Crippen molar-refractivity contribution in [3.63, 3.8) is 0 Å². The van der Waals surface area contributed by atoms with Crippen LogP contribution in [-0.2, 0) is 4.79 Å². The van der Waals surface area contributed by atoms with E-state index < -0.39 is 0 Å². The van der Waals surface area contributed by atoms with Crippen LogP contribution in [0.3, 0.4) is 0 Å². The summed E-state index contributed by atoms with van der Waals surface area (Å²) in [4.78, 5) is 13.6. The third kappa shape index (κ3) is 3.47. The number of hydrogen-bond donors (Lipinski definition) is 1. The number of carbonyl (C=O) groups is 1. The van der Waals surface area contributed by atoms with Crippen LogP contribution < -0.4 is 4.74 Å². The maximum Gasteiger partial charge on any atom is 0.260 e. The Kier molecular flexibility index (Phi) is 4.04. The third-order valence-electron chi connectivity index (χ3n) is 3.25. The van der Waals surface area contributed by atoms with Gasteiger partial charge >= 0.3 is 0 Å². The first-order valence-corrected chi connectivity index (χ1v) is 6.29. The molecule has 1 aliphatic rings. The van der Waals surface area contributed by atoms with E-state index in [0.717, 1.165) is 18.4 Å². The van der Waals surface area contributed by atoms with Gasteiger partial charge in [0.25, 0.3) is 5.91 Å². The van der Waals surface area contributed by atoms with Gasteiger partial charge < -0.3 is 14.8 Å². The summed E-state index contributed by atoms with van der Waals surface area (Å²) in [5, 5.41) is 11.9. The van der Waals surface area contributed by atoms with E-state index in [0.29, 0.717) is 17.5 Å². The molecular weight excluding hydrogens is 244 g/mol. The number of ether oxygens (including phenoxy) is 1. The molecule has 0 atom stereocenters. The normalized spacial score (nSPS) is 15.2. The Morgan fingerprint density at radius 2 is 2.26 bits per heavy atom. The predicted octanol–water partition coefficient (Wildman–Crippen LogP) is 1.88. The number of rotatable bonds is 5. The Hall–Kier alpha value is -2.04. The van der Waals surface area contributed by atoms with Crippen LogP contribution in [0.5, 0.6) is 5.75 Å². The van der Waals surface area contributed by atoms with Crippen LogP contribution in [0.25, 0.3) is 0 Å². The third-order valence-corrected chi connectivity index (χ3v) is 3.25. The van der Waals surface area contributed by atoms with Crippen molar-refractivity contribution in [2.24, 2.45) is 5.16 Å². The molecule has 0 spiro atoms. The van der Waals surface area contributed by atoms with Crippen molar-refractivity contribution < 1.29 is 14.7 Å². The summed E-state index contributed by atoms with van der Waals surface area (Å²) in [6.45, 7) is 1.73. The molecular formula is C14H18N2O3. The Balaban J connectivity index is 1.93. The maximum atomic E-state index is 11.8. The number of benzene rings is 1. The van der Waals surface area contributed by atoms with E-state index >= 15 is 0 Å². The molecule has 5 heteroatoms. The van der Waals surface area contributed by atoms with E-state index in [9.17, 15) is 4.79 Å². The minimum atomic E-state index is -0.0135. The van der Waals surface area contributed by atoms with Gasteiger partial charge in [-0.1, -0.05) is 17.3 Å². The highest BCUT2D eigenvalue weighted by Gasteiger charge is 2.29. The molecule has 1 fully saturated rings. The lowest BCUT2D eigenvalue weighted by Gasteiger charge is -2.16. The minimum Gasteiger partial charge on any atom is -0.484 e. The van der Waals surface area contributed by atoms with Gasteiger partial charge in [-0.3, -0.25) is 4.79 Å². The molecule has 0 heterocycles. The Bertz CT molecular complexity index is 495. The van der Waals surface area contributed by atoms with E-state index in [2.05, 4.69) is 5.16 Å². The Morgan fingerprint density at radius 3 is 2.89 bits per heavy atom. The van der Waals surface area contributed by atoms with Crippen molar-refractivity contribution in [1.82, 2.24) is 4.90 Å². The summed E-state index contributed by atoms with van der Waals surface area (Å²) >= 11 is 0. The molecule has 1 aliphatic carbocycles. The summed E-state index contributed by atoms with van der Waals surface area (Å²) in [5.41, 5.74) is 1.27. The zero-order valence-corrected chi connectivity index (χ0v) is 11.2. The van der Waals surface area contributed by atoms with Crippen LogP contribution in [0, 0.1) is 0 Å². The topological polar surface area (TPSA) is 62.1 Å². The van der Waals surface area contributed by atoms with Crippen LogP contribution in [0.1, 0.15) is 25.3 Å². The summed E-state index contributed by atoms with van der Waals surface area (Å²) in [6, 6.07) is 7.54. The van der Waals surface area contributed by atoms with Gasteiger partial charge in [0, 0.05) is 18.7 Å². The first kappa shape index (κ1) is 13.4. The highest BCUT2D eigenvalue weighted by Crippen LogP contribution is 2.25. The molecule has 0 bridgehead atoms. The van der Waals surface area contributed by atoms with Gasteiger partial charge in [0.05, 0.1) is 5.71 Å². The summed E-state index contributed by atoms with van der Waals surface area (Å²) in [6.07, 6.45) is 2.17. The molecule has 1 aromatic rings. The Labute approximate surface area is 112 Å². The smallest absolute Gasteiger partial charge is 0.260 e. The van der Waals surface area contributed by atoms with Crippen molar-refractivity contribution in [3.05, 3.63) is 29.8 Å². The van der Waals surface area contributed by atoms with Crippen molar-refractivity contribution in [2.75, 3.05) is 13.7 Å². The molecule has 2 rings (SSSR count). The van der Waals surface area contributed by atoms with Crippen LogP contribution in [0.4, 0.5) is 0 Å². The van der Waals surface area contributed by atoms with E-state index in [1.165, 1.54) is 0 Å². The summed E-state index contributed by atoms with van der Waals surface area (Å²) in [5.74, 6) is 0.582. The molecule has 0 unspecified atom stereocenters. The second kappa shape index (κ2) is 5.73. The van der Waals surface area contributed by atoms with Crippen LogP contribution in [0.2, 0.25) is 0 Å². The fourth-order valence-corrected chi connectivity index (χ4v) is 1.78. The largest absolute Gasteiger partial charge is 0.484 e. The quantitative estimate of drug-likeness (QED) is 0.500. The molecule has 0 saturated heterocycles. The van der Waals surface area contributed by atoms with Crippen LogP contribution in [0.15, 0.2) is 29.4 Å². The lowest BCUT2D eigenvalue weighted by Crippen LogP contribution is -2.33. The molecule has 1 amide bonds. The number of likely N-dealkylation sites (N-methyl/N-ethyl adjacent to an activating group) is 1. The summed E-state index contributed by atoms with van der Waals surface area (Å²) < 4.78 is 5.47. The van der Waals surface area contributed by atoms with Gasteiger partial charge in [-0.25, -0.2) is 0 Å². The highest BCUT2D eigenvalue weighted by atomic mass is 16.5. The van der Waals surface area contributed by atoms with Gasteiger partial charge in [0.1, 0.15) is 5.75 Å². The minimum absolute atomic E-state index is 0.0135. The zero-order valence-electron chi connectivity index (χ0n) is 11.2. The van der Waals surface area contributed by atoms with E-state index in [-0.39, 0.29) is 12.5 Å². The SMILES string of the molecule is CC(=NO)c1cccc(OCC(=O)N(C)C2CC2)c1. The average Bonchev–Trinajstić information content (AvgIpc) is 3.28. The number of hydrogen-bond acceptors (Lipinski definition) is 4. The van der Waals surface area contributed by atoms with Crippen molar-refractivity contribution in [1.29, 1.82) is 0 Å². The van der Waals surface area contributed by atoms with Crippen molar-refractivity contribution in [2.45, 2.75) is 25.8 Å². The van der Waals surface area contributed by atoms with Crippen molar-refractivity contribution in [3.8, 4) is 5.75 Å². The first-order valence-electron chi connectivity index (χ1n) is 6.29. The van der Waals surface area contributed by atoms with Crippen molar-refractivity contribution >= 4 is 11.6 Å². The fraction of sp³-hybridized carbons (Fsp3) is 0.429. The molecule has 1 saturated carbocycles. The van der Waals surface area contributed by atoms with Gasteiger partial charge in [-0.05, 0) is 31.9 Å². The monoisotopic (exact) mass is 262 g/mol. The van der Waals surface area contributed by atoms with Gasteiger partial charge in [0.2, 0.25) is 0 Å². The van der Waals surface area contributed by atoms with Gasteiger partial charge in [-0.2, -0.15) is 0 Å². The second-order valence-electron chi connectivity index (χ2n) is 4.74. The second-order valence-corrected chi connectivity index (χ2v) is 4.74.